The van der Waals surface area contributed by atoms with Crippen LogP contribution in [0.4, 0.5) is 0 Å². The summed E-state index contributed by atoms with van der Waals surface area (Å²) in [5, 5.41) is 3.48. The number of hydrogen-bond acceptors (Lipinski definition) is 12. The summed E-state index contributed by atoms with van der Waals surface area (Å²) in [5.41, 5.74) is 2.12. The minimum Gasteiger partial charge on any atom is -0.477 e. The Morgan fingerprint density at radius 3 is 2.05 bits per heavy atom. The Morgan fingerprint density at radius 1 is 0.886 bits per heavy atom. The lowest BCUT2D eigenvalue weighted by molar-refractivity contribution is 0.0859. The molecule has 1 unspecified atom stereocenters. The molecule has 3 aromatic rings. The molecule has 2 aromatic heterocycles. The van der Waals surface area contributed by atoms with Crippen molar-refractivity contribution in [3.05, 3.63) is 51.3 Å². The van der Waals surface area contributed by atoms with Crippen molar-refractivity contribution in [1.29, 1.82) is 0 Å². The summed E-state index contributed by atoms with van der Waals surface area (Å²) in [4.78, 5) is 35.6. The maximum Gasteiger partial charge on any atom is 0.247 e. The monoisotopic (exact) mass is 682 g/mol. The Balaban J connectivity index is 1.37. The first-order valence-corrected chi connectivity index (χ1v) is 19.9. The number of aromatic nitrogens is 2. The van der Waals surface area contributed by atoms with E-state index in [2.05, 4.69) is 46.8 Å². The highest BCUT2D eigenvalue weighted by Gasteiger charge is 2.56. The normalized spacial score (nSPS) is 23.1. The predicted octanol–water partition coefficient (Wildman–Crippen LogP) is 6.44. The molecule has 2 N–H and O–H groups in total. The minimum absolute atomic E-state index is 0.0111. The molecular weight excluding hydrogens is 634 g/mol. The first kappa shape index (κ1) is 34.2. The van der Waals surface area contributed by atoms with Crippen LogP contribution >= 0.6 is 38.5 Å². The van der Waals surface area contributed by atoms with E-state index in [0.29, 0.717) is 50.1 Å². The summed E-state index contributed by atoms with van der Waals surface area (Å²) in [6.45, 7) is 14.1. The van der Waals surface area contributed by atoms with Gasteiger partial charge in [0, 0.05) is 43.0 Å². The van der Waals surface area contributed by atoms with Crippen molar-refractivity contribution in [2.24, 2.45) is 10.8 Å². The summed E-state index contributed by atoms with van der Waals surface area (Å²) in [6, 6.07) is 10.2. The van der Waals surface area contributed by atoms with Gasteiger partial charge in [-0.05, 0) is 45.9 Å². The SMILES string of the molecule is Cc1sc(-c2ccccc2)nc1CCOc1csc(C(O[P]2(O)N(C)CC(C)(C)CN2C)[P]2(O)N(C)CC(C)(C)CN2C)n1. The van der Waals surface area contributed by atoms with Gasteiger partial charge in [0.2, 0.25) is 13.9 Å². The second-order valence-electron chi connectivity index (χ2n) is 13.7. The number of nitrogens with zero attached hydrogens (tertiary/aromatic N) is 6. The Kier molecular flexibility index (Phi) is 9.96. The Hall–Kier alpha value is -1.14. The van der Waals surface area contributed by atoms with Gasteiger partial charge in [-0.2, -0.15) is 0 Å². The average Bonchev–Trinajstić information content (AvgIpc) is 3.55. The smallest absolute Gasteiger partial charge is 0.247 e. The number of hydrogen-bond donors (Lipinski definition) is 2. The molecule has 5 rings (SSSR count). The maximum atomic E-state index is 12.6. The average molecular weight is 683 g/mol. The molecule has 244 valence electrons. The molecule has 0 spiro atoms. The quantitative estimate of drug-likeness (QED) is 0.246. The highest BCUT2D eigenvalue weighted by Crippen LogP contribution is 2.79. The standard InChI is InChI=1S/C30H48N6O4P2S2/c1-22-24(31-26(44-22)23-13-11-10-12-14-23)15-16-39-25-17-43-27(32-25)28(41(37)33(6)18-29(2,3)19-34(41)7)40-42(38)35(8)20-30(4,5)21-36(42)9/h10-14,17,28,37-38H,15-16,18-21H2,1-9H3. The van der Waals surface area contributed by atoms with Gasteiger partial charge in [0.15, 0.2) is 5.85 Å². The fourth-order valence-electron chi connectivity index (χ4n) is 6.47. The lowest BCUT2D eigenvalue weighted by Crippen LogP contribution is -2.52. The number of rotatable bonds is 9. The van der Waals surface area contributed by atoms with E-state index in [1.54, 1.807) is 11.3 Å². The van der Waals surface area contributed by atoms with Crippen molar-refractivity contribution >= 4 is 38.5 Å². The molecule has 1 aromatic carbocycles. The summed E-state index contributed by atoms with van der Waals surface area (Å²) in [5.74, 6) is -0.351. The number of thiazole rings is 2. The lowest BCUT2D eigenvalue weighted by atomic mass is 9.93. The minimum atomic E-state index is -3.22. The molecule has 4 heterocycles. The van der Waals surface area contributed by atoms with Crippen LogP contribution < -0.4 is 4.74 Å². The molecule has 44 heavy (non-hydrogen) atoms. The van der Waals surface area contributed by atoms with E-state index in [1.807, 2.05) is 70.5 Å². The zero-order valence-electron chi connectivity index (χ0n) is 27.4. The Bertz CT molecular complexity index is 1410. The van der Waals surface area contributed by atoms with Crippen LogP contribution in [-0.4, -0.2) is 99.4 Å². The van der Waals surface area contributed by atoms with Crippen LogP contribution in [0.3, 0.4) is 0 Å². The van der Waals surface area contributed by atoms with E-state index in [0.717, 1.165) is 16.3 Å². The largest absolute Gasteiger partial charge is 0.477 e. The fourth-order valence-corrected chi connectivity index (χ4v) is 14.8. The highest BCUT2D eigenvalue weighted by atomic mass is 32.1. The molecule has 0 aliphatic carbocycles. The molecule has 1 atom stereocenters. The topological polar surface area (TPSA) is 97.7 Å². The highest BCUT2D eigenvalue weighted by molar-refractivity contribution is 7.67. The molecule has 10 nitrogen and oxygen atoms in total. The Morgan fingerprint density at radius 2 is 1.45 bits per heavy atom. The van der Waals surface area contributed by atoms with Gasteiger partial charge < -0.3 is 14.5 Å². The molecule has 2 fully saturated rings. The fraction of sp³-hybridized carbons (Fsp3) is 0.600. The lowest BCUT2D eigenvalue weighted by Gasteiger charge is -2.59. The van der Waals surface area contributed by atoms with Crippen molar-refractivity contribution in [2.75, 3.05) is 61.0 Å². The van der Waals surface area contributed by atoms with E-state index in [4.69, 9.17) is 19.2 Å². The summed E-state index contributed by atoms with van der Waals surface area (Å²) >= 11 is 3.10. The van der Waals surface area contributed by atoms with Gasteiger partial charge in [0.1, 0.15) is 17.8 Å². The second-order valence-corrected chi connectivity index (χ2v) is 21.4. The molecule has 14 heteroatoms. The van der Waals surface area contributed by atoms with Crippen LogP contribution in [0.1, 0.15) is 49.1 Å². The zero-order chi connectivity index (χ0) is 32.1. The third kappa shape index (κ3) is 6.92. The second kappa shape index (κ2) is 12.8. The van der Waals surface area contributed by atoms with Gasteiger partial charge in [-0.25, -0.2) is 19.3 Å². The van der Waals surface area contributed by atoms with Crippen molar-refractivity contribution in [3.63, 3.8) is 0 Å². The van der Waals surface area contributed by atoms with E-state index in [9.17, 15) is 9.79 Å². The first-order valence-electron chi connectivity index (χ1n) is 14.9. The third-order valence-electron chi connectivity index (χ3n) is 8.29. The summed E-state index contributed by atoms with van der Waals surface area (Å²) in [6.07, 6.45) is 0.663. The van der Waals surface area contributed by atoms with Gasteiger partial charge in [-0.1, -0.05) is 58.0 Å². The van der Waals surface area contributed by atoms with Crippen molar-refractivity contribution < 1.29 is 19.0 Å². The van der Waals surface area contributed by atoms with E-state index < -0.39 is 21.7 Å². The number of ether oxygens (including phenoxy) is 1. The van der Waals surface area contributed by atoms with Gasteiger partial charge >= 0.3 is 0 Å². The van der Waals surface area contributed by atoms with Gasteiger partial charge in [0.25, 0.3) is 0 Å². The third-order valence-corrected chi connectivity index (χ3v) is 16.4. The van der Waals surface area contributed by atoms with Gasteiger partial charge in [-0.3, -0.25) is 13.9 Å². The van der Waals surface area contributed by atoms with Crippen LogP contribution in [0, 0.1) is 17.8 Å². The van der Waals surface area contributed by atoms with E-state index in [-0.39, 0.29) is 10.8 Å². The molecular formula is C30H48N6O4P2S2. The van der Waals surface area contributed by atoms with Crippen LogP contribution in [0.5, 0.6) is 5.88 Å². The summed E-state index contributed by atoms with van der Waals surface area (Å²) in [7, 11) is 1.39. The first-order chi connectivity index (χ1) is 20.5. The van der Waals surface area contributed by atoms with E-state index >= 15 is 0 Å². The van der Waals surface area contributed by atoms with Crippen molar-refractivity contribution in [1.82, 2.24) is 28.6 Å². The van der Waals surface area contributed by atoms with Crippen molar-refractivity contribution in [3.8, 4) is 16.5 Å². The number of benzene rings is 1. The maximum absolute atomic E-state index is 12.6. The van der Waals surface area contributed by atoms with Gasteiger partial charge in [-0.15, -0.1) is 22.7 Å². The van der Waals surface area contributed by atoms with Gasteiger partial charge in [0.05, 0.1) is 17.7 Å². The van der Waals surface area contributed by atoms with Crippen LogP contribution in [-0.2, 0) is 10.9 Å². The zero-order valence-corrected chi connectivity index (χ0v) is 30.8. The van der Waals surface area contributed by atoms with Crippen LogP contribution in [0.25, 0.3) is 10.6 Å². The molecule has 2 aliphatic heterocycles. The Labute approximate surface area is 271 Å². The van der Waals surface area contributed by atoms with Crippen LogP contribution in [0.15, 0.2) is 35.7 Å². The predicted molar refractivity (Wildman–Crippen MR) is 184 cm³/mol. The molecule has 0 amide bonds. The number of aryl methyl sites for hydroxylation is 1. The molecule has 2 aliphatic rings. The molecule has 2 saturated heterocycles. The molecule has 0 saturated carbocycles. The molecule has 0 bridgehead atoms. The van der Waals surface area contributed by atoms with Crippen molar-refractivity contribution in [2.45, 2.75) is 46.9 Å². The summed E-state index contributed by atoms with van der Waals surface area (Å²) < 4.78 is 20.8. The molecule has 2 radical (unpaired) electrons. The van der Waals surface area contributed by atoms with Crippen LogP contribution in [0.2, 0.25) is 0 Å². The van der Waals surface area contributed by atoms with E-state index in [1.165, 1.54) is 16.2 Å².